The van der Waals surface area contributed by atoms with E-state index in [0.29, 0.717) is 112 Å². The largest absolute Gasteiger partial charge is 0.377 e. The highest BCUT2D eigenvalue weighted by molar-refractivity contribution is 5.77. The zero-order valence-electron chi connectivity index (χ0n) is 24.9. The Morgan fingerprint density at radius 3 is 1.62 bits per heavy atom. The van der Waals surface area contributed by atoms with E-state index in [1.165, 1.54) is 0 Å². The first-order valence-corrected chi connectivity index (χ1v) is 14.0. The fourth-order valence-electron chi connectivity index (χ4n) is 2.91. The Morgan fingerprint density at radius 1 is 0.690 bits per heavy atom. The maximum absolute atomic E-state index is 11.8. The molecule has 0 unspecified atom stereocenters. The van der Waals surface area contributed by atoms with Crippen LogP contribution in [0.25, 0.3) is 0 Å². The van der Waals surface area contributed by atoms with Crippen molar-refractivity contribution in [1.29, 1.82) is 0 Å². The minimum absolute atomic E-state index is 0.0207. The summed E-state index contributed by atoms with van der Waals surface area (Å²) in [6.45, 7) is 10.7. The van der Waals surface area contributed by atoms with Crippen molar-refractivity contribution in [2.75, 3.05) is 119 Å². The number of ether oxygens (including phenoxy) is 8. The summed E-state index contributed by atoms with van der Waals surface area (Å²) in [6.07, 6.45) is 1.86. The van der Waals surface area contributed by atoms with Crippen LogP contribution in [0.3, 0.4) is 0 Å². The Hall–Kier alpha value is -2.68. The van der Waals surface area contributed by atoms with Crippen LogP contribution in [0.1, 0.15) is 12.6 Å². The normalized spacial score (nSPS) is 10.8. The maximum atomic E-state index is 11.8. The molecule has 0 aromatic carbocycles. The highest BCUT2D eigenvalue weighted by Gasteiger charge is 2.02. The van der Waals surface area contributed by atoms with Gasteiger partial charge in [-0.25, -0.2) is 4.68 Å². The fourth-order valence-corrected chi connectivity index (χ4v) is 2.91. The number of carbonyl (C=O) groups excluding carboxylic acids is 2. The molecule has 0 aliphatic heterocycles. The number of aryl methyl sites for hydroxylation is 1. The van der Waals surface area contributed by atoms with Gasteiger partial charge in [0.25, 0.3) is 0 Å². The smallest absolute Gasteiger partial charge is 0.246 e. The lowest BCUT2D eigenvalue weighted by Crippen LogP contribution is -2.31. The van der Waals surface area contributed by atoms with E-state index in [0.717, 1.165) is 5.69 Å². The van der Waals surface area contributed by atoms with Crippen molar-refractivity contribution in [3.05, 3.63) is 11.9 Å². The average Bonchev–Trinajstić information content (AvgIpc) is 3.40. The molecule has 15 nitrogen and oxygen atoms in total. The third-order valence-electron chi connectivity index (χ3n) is 4.94. The van der Waals surface area contributed by atoms with Gasteiger partial charge in [-0.05, 0) is 13.8 Å². The van der Waals surface area contributed by atoms with E-state index in [2.05, 4.69) is 32.8 Å². The van der Waals surface area contributed by atoms with Gasteiger partial charge >= 0.3 is 0 Å². The second kappa shape index (κ2) is 28.4. The molecule has 2 amide bonds. The van der Waals surface area contributed by atoms with Gasteiger partial charge < -0.3 is 48.5 Å². The first-order valence-electron chi connectivity index (χ1n) is 14.0. The van der Waals surface area contributed by atoms with E-state index in [-0.39, 0.29) is 25.0 Å². The lowest BCUT2D eigenvalue weighted by molar-refractivity contribution is -0.127. The molecule has 0 saturated heterocycles. The molecule has 1 heterocycles. The number of hydrogen-bond acceptors (Lipinski definition) is 12. The van der Waals surface area contributed by atoms with Crippen molar-refractivity contribution < 1.29 is 47.5 Å². The van der Waals surface area contributed by atoms with Crippen LogP contribution in [-0.2, 0) is 54.0 Å². The molecule has 0 spiro atoms. The number of nitrogens with one attached hydrogen (secondary N) is 2. The second-order valence-corrected chi connectivity index (χ2v) is 8.46. The molecule has 1 aromatic heterocycles. The highest BCUT2D eigenvalue weighted by atomic mass is 16.6. The lowest BCUT2D eigenvalue weighted by atomic mass is 10.5. The van der Waals surface area contributed by atoms with Crippen LogP contribution in [0.2, 0.25) is 0 Å². The molecule has 0 aliphatic rings. The second-order valence-electron chi connectivity index (χ2n) is 8.46. The molecule has 15 heteroatoms. The van der Waals surface area contributed by atoms with E-state index in [9.17, 15) is 9.59 Å². The standard InChI is InChI=1S/C27H47N5O10/c1-3-4-5-28-26(33)23-41-20-18-39-16-14-37-12-10-35-8-6-29-27(34)24-42-21-19-40-17-15-38-13-11-36-9-7-32-22-25(2)30-31-32/h22H,5-21,23-24H2,1-2H3,(H,28,33)(H,29,34). The Balaban J connectivity index is 1.71. The van der Waals surface area contributed by atoms with Crippen LogP contribution in [0.5, 0.6) is 0 Å². The van der Waals surface area contributed by atoms with Crippen molar-refractivity contribution in [2.45, 2.75) is 20.4 Å². The zero-order chi connectivity index (χ0) is 30.4. The SMILES string of the molecule is CC#CCNC(=O)COCCOCCOCCOCCNC(=O)COCCOCCOCCOCCn1cc(C)nn1. The van der Waals surface area contributed by atoms with Crippen molar-refractivity contribution >= 4 is 11.8 Å². The predicted molar refractivity (Wildman–Crippen MR) is 151 cm³/mol. The summed E-state index contributed by atoms with van der Waals surface area (Å²) in [6, 6.07) is 0. The molecule has 0 saturated carbocycles. The van der Waals surface area contributed by atoms with Crippen molar-refractivity contribution in [3.8, 4) is 11.8 Å². The van der Waals surface area contributed by atoms with E-state index in [1.54, 1.807) is 11.6 Å². The monoisotopic (exact) mass is 601 g/mol. The molecule has 0 atom stereocenters. The van der Waals surface area contributed by atoms with Crippen molar-refractivity contribution in [3.63, 3.8) is 0 Å². The molecular formula is C27H47N5O10. The van der Waals surface area contributed by atoms with Gasteiger partial charge in [-0.15, -0.1) is 11.0 Å². The Labute approximate surface area is 248 Å². The minimum Gasteiger partial charge on any atom is -0.377 e. The van der Waals surface area contributed by atoms with Gasteiger partial charge in [0, 0.05) is 12.7 Å². The molecular weight excluding hydrogens is 554 g/mol. The first-order chi connectivity index (χ1) is 20.6. The third kappa shape index (κ3) is 25.1. The molecule has 1 aromatic rings. The van der Waals surface area contributed by atoms with Crippen LogP contribution in [-0.4, -0.2) is 146 Å². The number of aromatic nitrogens is 3. The first kappa shape index (κ1) is 37.3. The van der Waals surface area contributed by atoms with Gasteiger partial charge in [0.05, 0.1) is 111 Å². The quantitative estimate of drug-likeness (QED) is 0.0850. The molecule has 0 fully saturated rings. The van der Waals surface area contributed by atoms with E-state index in [4.69, 9.17) is 37.9 Å². The molecule has 1 rings (SSSR count). The number of rotatable bonds is 29. The summed E-state index contributed by atoms with van der Waals surface area (Å²) in [7, 11) is 0. The van der Waals surface area contributed by atoms with Gasteiger partial charge in [0.1, 0.15) is 13.2 Å². The van der Waals surface area contributed by atoms with Gasteiger partial charge in [0.2, 0.25) is 11.8 Å². The van der Waals surface area contributed by atoms with Crippen LogP contribution >= 0.6 is 0 Å². The Morgan fingerprint density at radius 2 is 1.14 bits per heavy atom. The van der Waals surface area contributed by atoms with Crippen LogP contribution in [0, 0.1) is 18.8 Å². The summed E-state index contributed by atoms with van der Waals surface area (Å²) < 4.78 is 44.7. The fraction of sp³-hybridized carbons (Fsp3) is 0.778. The number of amides is 2. The van der Waals surface area contributed by atoms with E-state index in [1.807, 2.05) is 13.1 Å². The van der Waals surface area contributed by atoms with E-state index >= 15 is 0 Å². The third-order valence-corrected chi connectivity index (χ3v) is 4.94. The van der Waals surface area contributed by atoms with Gasteiger partial charge in [0.15, 0.2) is 0 Å². The molecule has 2 N–H and O–H groups in total. The summed E-state index contributed by atoms with van der Waals surface area (Å²) in [5, 5.41) is 13.2. The van der Waals surface area contributed by atoms with Crippen LogP contribution in [0.4, 0.5) is 0 Å². The Kier molecular flexibility index (Phi) is 25.3. The van der Waals surface area contributed by atoms with Gasteiger partial charge in [-0.1, -0.05) is 11.1 Å². The number of carbonyl (C=O) groups is 2. The van der Waals surface area contributed by atoms with Crippen LogP contribution < -0.4 is 10.6 Å². The van der Waals surface area contributed by atoms with Gasteiger partial charge in [-0.2, -0.15) is 0 Å². The van der Waals surface area contributed by atoms with E-state index < -0.39 is 0 Å². The predicted octanol–water partition coefficient (Wildman–Crippen LogP) is -1.02. The molecule has 0 radical (unpaired) electrons. The number of hydrogen-bond donors (Lipinski definition) is 2. The maximum Gasteiger partial charge on any atom is 0.246 e. The van der Waals surface area contributed by atoms with Crippen molar-refractivity contribution in [1.82, 2.24) is 25.6 Å². The Bertz CT molecular complexity index is 862. The molecule has 0 aliphatic carbocycles. The summed E-state index contributed by atoms with van der Waals surface area (Å²) >= 11 is 0. The minimum atomic E-state index is -0.218. The number of nitrogens with zero attached hydrogens (tertiary/aromatic N) is 3. The van der Waals surface area contributed by atoms with Gasteiger partial charge in [-0.3, -0.25) is 9.59 Å². The topological polar surface area (TPSA) is 163 Å². The molecule has 0 bridgehead atoms. The molecule has 42 heavy (non-hydrogen) atoms. The average molecular weight is 602 g/mol. The van der Waals surface area contributed by atoms with Crippen molar-refractivity contribution in [2.24, 2.45) is 0 Å². The summed E-state index contributed by atoms with van der Waals surface area (Å²) in [5.74, 6) is 5.00. The lowest BCUT2D eigenvalue weighted by Gasteiger charge is -2.09. The summed E-state index contributed by atoms with van der Waals surface area (Å²) in [4.78, 5) is 23.1. The molecule has 240 valence electrons. The summed E-state index contributed by atoms with van der Waals surface area (Å²) in [5.41, 5.74) is 0.880. The zero-order valence-corrected chi connectivity index (χ0v) is 24.9. The van der Waals surface area contributed by atoms with Crippen LogP contribution in [0.15, 0.2) is 6.20 Å². The highest BCUT2D eigenvalue weighted by Crippen LogP contribution is 1.90.